The lowest BCUT2D eigenvalue weighted by Crippen LogP contribution is -2.33. The summed E-state index contributed by atoms with van der Waals surface area (Å²) in [5.74, 6) is 0.823. The summed E-state index contributed by atoms with van der Waals surface area (Å²) >= 11 is 0. The average molecular weight is 201 g/mol. The van der Waals surface area contributed by atoms with Gasteiger partial charge in [0.25, 0.3) is 0 Å². The fourth-order valence-electron chi connectivity index (χ4n) is 1.37. The smallest absolute Gasteiger partial charge is 0.407 e. The fourth-order valence-corrected chi connectivity index (χ4v) is 1.37. The van der Waals surface area contributed by atoms with Crippen molar-refractivity contribution in [3.63, 3.8) is 0 Å². The standard InChI is InChI=1S/C10H19NO3/c1-8(7-9-3-4-9)11-10(12)14-6-5-13-2/h8-9H,3-7H2,1-2H3,(H,11,12). The molecule has 1 N–H and O–H groups in total. The molecule has 1 rings (SSSR count). The highest BCUT2D eigenvalue weighted by Crippen LogP contribution is 2.33. The average Bonchev–Trinajstić information content (AvgIpc) is 2.88. The van der Waals surface area contributed by atoms with Crippen molar-refractivity contribution in [1.82, 2.24) is 5.32 Å². The van der Waals surface area contributed by atoms with E-state index >= 15 is 0 Å². The highest BCUT2D eigenvalue weighted by molar-refractivity contribution is 5.67. The summed E-state index contributed by atoms with van der Waals surface area (Å²) in [7, 11) is 1.58. The van der Waals surface area contributed by atoms with Crippen LogP contribution in [-0.2, 0) is 9.47 Å². The van der Waals surface area contributed by atoms with Gasteiger partial charge in [-0.25, -0.2) is 4.79 Å². The monoisotopic (exact) mass is 201 g/mol. The lowest BCUT2D eigenvalue weighted by Gasteiger charge is -2.13. The van der Waals surface area contributed by atoms with Crippen molar-refractivity contribution >= 4 is 6.09 Å². The zero-order valence-corrected chi connectivity index (χ0v) is 8.91. The minimum atomic E-state index is -0.338. The maximum Gasteiger partial charge on any atom is 0.407 e. The molecule has 1 saturated carbocycles. The highest BCUT2D eigenvalue weighted by atomic mass is 16.6. The molecule has 1 unspecified atom stereocenters. The molecule has 4 nitrogen and oxygen atoms in total. The van der Waals surface area contributed by atoms with Crippen LogP contribution in [0.2, 0.25) is 0 Å². The third kappa shape index (κ3) is 5.07. The minimum Gasteiger partial charge on any atom is -0.447 e. The molecule has 0 saturated heterocycles. The first-order valence-corrected chi connectivity index (χ1v) is 5.14. The first kappa shape index (κ1) is 11.3. The summed E-state index contributed by atoms with van der Waals surface area (Å²) in [6.07, 6.45) is 3.35. The van der Waals surface area contributed by atoms with Crippen molar-refractivity contribution in [3.05, 3.63) is 0 Å². The molecule has 0 bridgehead atoms. The second-order valence-electron chi connectivity index (χ2n) is 3.85. The summed E-state index contributed by atoms with van der Waals surface area (Å²) in [5.41, 5.74) is 0. The Hall–Kier alpha value is -0.770. The molecule has 0 aromatic carbocycles. The first-order chi connectivity index (χ1) is 6.72. The Balaban J connectivity index is 1.99. The third-order valence-electron chi connectivity index (χ3n) is 2.27. The summed E-state index contributed by atoms with van der Waals surface area (Å²) in [5, 5.41) is 2.79. The van der Waals surface area contributed by atoms with Crippen LogP contribution in [0.15, 0.2) is 0 Å². The van der Waals surface area contributed by atoms with Crippen molar-refractivity contribution in [3.8, 4) is 0 Å². The van der Waals surface area contributed by atoms with Crippen LogP contribution in [-0.4, -0.2) is 32.5 Å². The van der Waals surface area contributed by atoms with Gasteiger partial charge in [-0.2, -0.15) is 0 Å². The number of hydrogen-bond donors (Lipinski definition) is 1. The molecule has 14 heavy (non-hydrogen) atoms. The number of carbonyl (C=O) groups excluding carboxylic acids is 1. The number of carbonyl (C=O) groups is 1. The number of alkyl carbamates (subject to hydrolysis) is 1. The topological polar surface area (TPSA) is 47.6 Å². The molecule has 0 spiro atoms. The van der Waals surface area contributed by atoms with Crippen LogP contribution in [0, 0.1) is 5.92 Å². The molecule has 0 aromatic rings. The molecular weight excluding hydrogens is 182 g/mol. The molecule has 4 heteroatoms. The maximum atomic E-state index is 11.1. The van der Waals surface area contributed by atoms with Crippen LogP contribution in [0.1, 0.15) is 26.2 Å². The van der Waals surface area contributed by atoms with E-state index in [-0.39, 0.29) is 12.1 Å². The zero-order chi connectivity index (χ0) is 10.4. The van der Waals surface area contributed by atoms with E-state index in [0.29, 0.717) is 13.2 Å². The lowest BCUT2D eigenvalue weighted by atomic mass is 10.2. The van der Waals surface area contributed by atoms with E-state index in [9.17, 15) is 4.79 Å². The third-order valence-corrected chi connectivity index (χ3v) is 2.27. The fraction of sp³-hybridized carbons (Fsp3) is 0.900. The van der Waals surface area contributed by atoms with Crippen LogP contribution < -0.4 is 5.32 Å². The van der Waals surface area contributed by atoms with Gasteiger partial charge in [0, 0.05) is 13.2 Å². The quantitative estimate of drug-likeness (QED) is 0.663. The largest absolute Gasteiger partial charge is 0.447 e. The molecule has 1 fully saturated rings. The number of nitrogens with one attached hydrogen (secondary N) is 1. The SMILES string of the molecule is COCCOC(=O)NC(C)CC1CC1. The van der Waals surface area contributed by atoms with E-state index in [1.807, 2.05) is 6.92 Å². The van der Waals surface area contributed by atoms with E-state index in [4.69, 9.17) is 9.47 Å². The van der Waals surface area contributed by atoms with E-state index in [1.165, 1.54) is 12.8 Å². The van der Waals surface area contributed by atoms with Crippen molar-refractivity contribution in [2.24, 2.45) is 5.92 Å². The van der Waals surface area contributed by atoms with E-state index in [0.717, 1.165) is 12.3 Å². The van der Waals surface area contributed by atoms with Gasteiger partial charge < -0.3 is 14.8 Å². The first-order valence-electron chi connectivity index (χ1n) is 5.14. The van der Waals surface area contributed by atoms with Gasteiger partial charge in [0.2, 0.25) is 0 Å². The van der Waals surface area contributed by atoms with Gasteiger partial charge in [-0.3, -0.25) is 0 Å². The molecule has 1 aliphatic carbocycles. The van der Waals surface area contributed by atoms with Gasteiger partial charge in [-0.05, 0) is 19.3 Å². The van der Waals surface area contributed by atoms with E-state index < -0.39 is 0 Å². The number of rotatable bonds is 6. The maximum absolute atomic E-state index is 11.1. The predicted octanol–water partition coefficient (Wildman–Crippen LogP) is 1.55. The molecule has 1 amide bonds. The van der Waals surface area contributed by atoms with Crippen molar-refractivity contribution < 1.29 is 14.3 Å². The van der Waals surface area contributed by atoms with Gasteiger partial charge in [-0.15, -0.1) is 0 Å². The minimum absolute atomic E-state index is 0.220. The molecule has 1 aliphatic rings. The summed E-state index contributed by atoms with van der Waals surface area (Å²) in [6, 6.07) is 0.220. The van der Waals surface area contributed by atoms with Crippen LogP contribution >= 0.6 is 0 Å². The van der Waals surface area contributed by atoms with Gasteiger partial charge in [0.1, 0.15) is 6.61 Å². The number of hydrogen-bond acceptors (Lipinski definition) is 3. The van der Waals surface area contributed by atoms with Crippen molar-refractivity contribution in [1.29, 1.82) is 0 Å². The van der Waals surface area contributed by atoms with E-state index in [2.05, 4.69) is 5.32 Å². The Morgan fingerprint density at radius 3 is 2.79 bits per heavy atom. The lowest BCUT2D eigenvalue weighted by molar-refractivity contribution is 0.0965. The number of ether oxygens (including phenoxy) is 2. The van der Waals surface area contributed by atoms with Gasteiger partial charge in [0.15, 0.2) is 0 Å². The molecule has 0 aromatic heterocycles. The summed E-state index contributed by atoms with van der Waals surface area (Å²) in [6.45, 7) is 2.78. The van der Waals surface area contributed by atoms with E-state index in [1.54, 1.807) is 7.11 Å². The Labute approximate surface area is 85.0 Å². The molecule has 0 heterocycles. The molecule has 82 valence electrons. The summed E-state index contributed by atoms with van der Waals surface area (Å²) < 4.78 is 9.65. The number of amides is 1. The van der Waals surface area contributed by atoms with Crippen LogP contribution in [0.5, 0.6) is 0 Å². The Kier molecular flexibility index (Phi) is 4.73. The Morgan fingerprint density at radius 1 is 1.50 bits per heavy atom. The van der Waals surface area contributed by atoms with Crippen molar-refractivity contribution in [2.45, 2.75) is 32.2 Å². The predicted molar refractivity (Wildman–Crippen MR) is 53.2 cm³/mol. The molecule has 1 atom stereocenters. The molecular formula is C10H19NO3. The van der Waals surface area contributed by atoms with Gasteiger partial charge in [-0.1, -0.05) is 12.8 Å². The van der Waals surface area contributed by atoms with Crippen LogP contribution in [0.4, 0.5) is 4.79 Å². The highest BCUT2D eigenvalue weighted by Gasteiger charge is 2.24. The summed E-state index contributed by atoms with van der Waals surface area (Å²) in [4.78, 5) is 11.1. The Morgan fingerprint density at radius 2 is 2.21 bits per heavy atom. The second kappa shape index (κ2) is 5.86. The van der Waals surface area contributed by atoms with Crippen molar-refractivity contribution in [2.75, 3.05) is 20.3 Å². The zero-order valence-electron chi connectivity index (χ0n) is 8.91. The van der Waals surface area contributed by atoms with Gasteiger partial charge in [0.05, 0.1) is 6.61 Å². The molecule has 0 radical (unpaired) electrons. The Bertz CT molecular complexity index is 180. The van der Waals surface area contributed by atoms with Crippen LogP contribution in [0.25, 0.3) is 0 Å². The van der Waals surface area contributed by atoms with Gasteiger partial charge >= 0.3 is 6.09 Å². The van der Waals surface area contributed by atoms with Crippen LogP contribution in [0.3, 0.4) is 0 Å². The number of methoxy groups -OCH3 is 1. The normalized spacial score (nSPS) is 17.6. The molecule has 0 aliphatic heterocycles. The second-order valence-corrected chi connectivity index (χ2v) is 3.85.